The Morgan fingerprint density at radius 1 is 0.750 bits per heavy atom. The average Bonchev–Trinajstić information content (AvgIpc) is 2.57. The number of hydrogen-bond donors (Lipinski definition) is 0. The molecule has 0 aromatic heterocycles. The SMILES string of the molecule is O=S(=O)([O-])c1cccc(F)c1.c1ccc([I+]c2ccccc2)cc1. The number of benzene rings is 3. The van der Waals surface area contributed by atoms with E-state index in [9.17, 15) is 17.4 Å². The van der Waals surface area contributed by atoms with E-state index in [-0.39, 0.29) is 21.2 Å². The Labute approximate surface area is 151 Å². The number of rotatable bonds is 3. The van der Waals surface area contributed by atoms with E-state index in [0.29, 0.717) is 6.07 Å². The van der Waals surface area contributed by atoms with Crippen LogP contribution in [0, 0.1) is 13.0 Å². The molecule has 3 aromatic rings. The summed E-state index contributed by atoms with van der Waals surface area (Å²) in [7, 11) is -4.52. The van der Waals surface area contributed by atoms with Crippen LogP contribution in [0.2, 0.25) is 0 Å². The van der Waals surface area contributed by atoms with Crippen LogP contribution in [0.25, 0.3) is 0 Å². The fourth-order valence-electron chi connectivity index (χ4n) is 1.70. The zero-order valence-corrected chi connectivity index (χ0v) is 15.4. The van der Waals surface area contributed by atoms with Crippen molar-refractivity contribution in [2.75, 3.05) is 0 Å². The molecule has 0 unspecified atom stereocenters. The van der Waals surface area contributed by atoms with E-state index in [2.05, 4.69) is 60.7 Å². The summed E-state index contributed by atoms with van der Waals surface area (Å²) in [6.45, 7) is 0. The van der Waals surface area contributed by atoms with Gasteiger partial charge >= 0.3 is 21.2 Å². The lowest BCUT2D eigenvalue weighted by molar-refractivity contribution is -0.597. The van der Waals surface area contributed by atoms with Crippen molar-refractivity contribution < 1.29 is 38.6 Å². The third-order valence-corrected chi connectivity index (χ3v) is 6.28. The van der Waals surface area contributed by atoms with Crippen molar-refractivity contribution in [2.24, 2.45) is 0 Å². The second-order valence-corrected chi connectivity index (χ2v) is 9.01. The Kier molecular flexibility index (Phi) is 6.89. The van der Waals surface area contributed by atoms with Gasteiger partial charge in [-0.3, -0.25) is 0 Å². The zero-order chi connectivity index (χ0) is 17.4. The molecule has 0 bridgehead atoms. The lowest BCUT2D eigenvalue weighted by atomic mass is 10.4. The van der Waals surface area contributed by atoms with Gasteiger partial charge in [-0.25, -0.2) is 12.8 Å². The highest BCUT2D eigenvalue weighted by atomic mass is 127. The standard InChI is InChI=1S/C12H10I.C6H5FO3S/c1-3-7-11(8-4-1)13-12-9-5-2-6-10-12;7-5-2-1-3-6(4-5)11(8,9)10/h1-10H;1-4H,(H,8,9,10)/q+1;/p-1. The predicted molar refractivity (Wildman–Crippen MR) is 84.6 cm³/mol. The maximum Gasteiger partial charge on any atom is 0.357 e. The Morgan fingerprint density at radius 2 is 1.25 bits per heavy atom. The summed E-state index contributed by atoms with van der Waals surface area (Å²) < 4.78 is 46.0. The van der Waals surface area contributed by atoms with Crippen LogP contribution in [-0.4, -0.2) is 13.0 Å². The first-order valence-corrected chi connectivity index (χ1v) is 10.5. The van der Waals surface area contributed by atoms with E-state index in [0.717, 1.165) is 12.1 Å². The molecule has 0 aliphatic rings. The van der Waals surface area contributed by atoms with Crippen LogP contribution in [0.15, 0.2) is 89.8 Å². The highest BCUT2D eigenvalue weighted by Crippen LogP contribution is 2.08. The van der Waals surface area contributed by atoms with E-state index < -0.39 is 20.8 Å². The van der Waals surface area contributed by atoms with E-state index in [1.54, 1.807) is 0 Å². The third kappa shape index (κ3) is 6.38. The summed E-state index contributed by atoms with van der Waals surface area (Å²) >= 11 is 0.0287. The van der Waals surface area contributed by atoms with Crippen molar-refractivity contribution in [2.45, 2.75) is 4.90 Å². The zero-order valence-electron chi connectivity index (χ0n) is 12.5. The minimum Gasteiger partial charge on any atom is -0.744 e. The molecule has 3 aromatic carbocycles. The first-order valence-electron chi connectivity index (χ1n) is 6.91. The Balaban J connectivity index is 0.000000177. The highest BCUT2D eigenvalue weighted by molar-refractivity contribution is 7.85. The molecule has 0 spiro atoms. The largest absolute Gasteiger partial charge is 0.744 e. The normalized spacial score (nSPS) is 10.6. The fraction of sp³-hybridized carbons (Fsp3) is 0. The summed E-state index contributed by atoms with van der Waals surface area (Å²) in [5.74, 6) is -0.734. The van der Waals surface area contributed by atoms with Crippen LogP contribution in [0.4, 0.5) is 4.39 Å². The molecule has 0 heterocycles. The molecule has 6 heteroatoms. The first kappa shape index (κ1) is 18.6. The van der Waals surface area contributed by atoms with Crippen LogP contribution in [0.3, 0.4) is 0 Å². The van der Waals surface area contributed by atoms with Crippen LogP contribution in [0.1, 0.15) is 0 Å². The van der Waals surface area contributed by atoms with Crippen LogP contribution in [0.5, 0.6) is 0 Å². The second-order valence-electron chi connectivity index (χ2n) is 4.60. The van der Waals surface area contributed by atoms with Crippen LogP contribution in [-0.2, 0) is 10.1 Å². The molecular formula is C18H14FIO3S. The summed E-state index contributed by atoms with van der Waals surface area (Å²) in [6, 6.07) is 25.4. The molecule has 3 rings (SSSR count). The van der Waals surface area contributed by atoms with E-state index in [1.807, 2.05) is 0 Å². The second kappa shape index (κ2) is 8.91. The summed E-state index contributed by atoms with van der Waals surface area (Å²) in [5.41, 5.74) is 0. The molecule has 0 saturated heterocycles. The molecule has 0 atom stereocenters. The molecular weight excluding hydrogens is 442 g/mol. The molecule has 0 radical (unpaired) electrons. The maximum absolute atomic E-state index is 12.3. The van der Waals surface area contributed by atoms with Gasteiger partial charge in [-0.2, -0.15) is 0 Å². The molecule has 0 saturated carbocycles. The van der Waals surface area contributed by atoms with Crippen molar-refractivity contribution in [3.63, 3.8) is 0 Å². The summed E-state index contributed by atoms with van der Waals surface area (Å²) in [5, 5.41) is 0. The van der Waals surface area contributed by atoms with Gasteiger partial charge in [0.2, 0.25) is 0 Å². The summed E-state index contributed by atoms with van der Waals surface area (Å²) in [4.78, 5) is -0.544. The van der Waals surface area contributed by atoms with Crippen LogP contribution < -0.4 is 21.2 Å². The molecule has 0 aliphatic carbocycles. The van der Waals surface area contributed by atoms with Gasteiger partial charge in [0, 0.05) is 0 Å². The molecule has 0 amide bonds. The van der Waals surface area contributed by atoms with Gasteiger partial charge in [-0.15, -0.1) is 0 Å². The molecule has 124 valence electrons. The minimum absolute atomic E-state index is 0.0287. The molecule has 24 heavy (non-hydrogen) atoms. The predicted octanol–water partition coefficient (Wildman–Crippen LogP) is 0.545. The van der Waals surface area contributed by atoms with Crippen molar-refractivity contribution in [3.05, 3.63) is 97.9 Å². The van der Waals surface area contributed by atoms with Gasteiger partial charge in [0.05, 0.1) is 4.90 Å². The molecule has 0 fully saturated rings. The van der Waals surface area contributed by atoms with Gasteiger partial charge in [-0.1, -0.05) is 42.5 Å². The Hall–Kier alpha value is -1.77. The van der Waals surface area contributed by atoms with Crippen molar-refractivity contribution in [1.29, 1.82) is 0 Å². The third-order valence-electron chi connectivity index (χ3n) is 2.77. The first-order chi connectivity index (χ1) is 11.4. The van der Waals surface area contributed by atoms with E-state index in [1.165, 1.54) is 13.2 Å². The lowest BCUT2D eigenvalue weighted by Crippen LogP contribution is -3.61. The Bertz CT molecular complexity index is 832. The molecule has 3 nitrogen and oxygen atoms in total. The van der Waals surface area contributed by atoms with Gasteiger partial charge in [0.1, 0.15) is 15.9 Å². The number of hydrogen-bond acceptors (Lipinski definition) is 3. The van der Waals surface area contributed by atoms with Gasteiger partial charge in [-0.05, 0) is 42.5 Å². The van der Waals surface area contributed by atoms with E-state index >= 15 is 0 Å². The molecule has 0 aliphatic heterocycles. The number of halogens is 2. The summed E-state index contributed by atoms with van der Waals surface area (Å²) in [6.07, 6.45) is 0. The Morgan fingerprint density at radius 3 is 1.62 bits per heavy atom. The van der Waals surface area contributed by atoms with Crippen molar-refractivity contribution in [1.82, 2.24) is 0 Å². The van der Waals surface area contributed by atoms with Crippen molar-refractivity contribution >= 4 is 10.1 Å². The van der Waals surface area contributed by atoms with E-state index in [4.69, 9.17) is 0 Å². The quantitative estimate of drug-likeness (QED) is 0.428. The van der Waals surface area contributed by atoms with Gasteiger partial charge in [0.25, 0.3) is 0 Å². The van der Waals surface area contributed by atoms with Gasteiger partial charge < -0.3 is 4.55 Å². The lowest BCUT2D eigenvalue weighted by Gasteiger charge is -2.05. The van der Waals surface area contributed by atoms with Gasteiger partial charge in [0.15, 0.2) is 7.14 Å². The fourth-order valence-corrected chi connectivity index (χ4v) is 4.47. The minimum atomic E-state index is -4.52. The topological polar surface area (TPSA) is 57.2 Å². The van der Waals surface area contributed by atoms with Crippen molar-refractivity contribution in [3.8, 4) is 0 Å². The van der Waals surface area contributed by atoms with Crippen LogP contribution >= 0.6 is 0 Å². The monoisotopic (exact) mass is 456 g/mol. The highest BCUT2D eigenvalue weighted by Gasteiger charge is 2.12. The molecule has 0 N–H and O–H groups in total. The maximum atomic E-state index is 12.3. The average molecular weight is 456 g/mol. The smallest absolute Gasteiger partial charge is 0.357 e.